The van der Waals surface area contributed by atoms with Gasteiger partial charge in [0, 0.05) is 12.8 Å². The Balaban J connectivity index is 3.34. The second-order valence-corrected chi connectivity index (χ2v) is 21.0. The van der Waals surface area contributed by atoms with Gasteiger partial charge in [0.1, 0.15) is 0 Å². The quantitative estimate of drug-likeness (QED) is 0.0321. The van der Waals surface area contributed by atoms with Crippen LogP contribution in [0.4, 0.5) is 0 Å². The van der Waals surface area contributed by atoms with Crippen LogP contribution in [0.5, 0.6) is 0 Å². The van der Waals surface area contributed by atoms with Crippen molar-refractivity contribution in [2.24, 2.45) is 0 Å². The first kappa shape index (κ1) is 65.6. The molecular formula is C61H119NO5. The third-order valence-corrected chi connectivity index (χ3v) is 14.3. The monoisotopic (exact) mass is 946 g/mol. The number of carbonyl (C=O) groups is 2. The molecule has 67 heavy (non-hydrogen) atoms. The highest BCUT2D eigenvalue weighted by atomic mass is 16.5. The van der Waals surface area contributed by atoms with Crippen molar-refractivity contribution in [2.75, 3.05) is 13.2 Å². The van der Waals surface area contributed by atoms with Crippen LogP contribution in [0.2, 0.25) is 0 Å². The fourth-order valence-corrected chi connectivity index (χ4v) is 9.64. The number of hydrogen-bond acceptors (Lipinski definition) is 5. The van der Waals surface area contributed by atoms with Gasteiger partial charge in [-0.1, -0.05) is 289 Å². The Morgan fingerprint density at radius 2 is 0.701 bits per heavy atom. The summed E-state index contributed by atoms with van der Waals surface area (Å²) in [4.78, 5) is 24.5. The van der Waals surface area contributed by atoms with Gasteiger partial charge < -0.3 is 20.3 Å². The zero-order chi connectivity index (χ0) is 48.6. The number of rotatable bonds is 57. The summed E-state index contributed by atoms with van der Waals surface area (Å²) in [7, 11) is 0. The number of nitrogens with one attached hydrogen (secondary N) is 1. The van der Waals surface area contributed by atoms with Crippen LogP contribution in [0.1, 0.15) is 341 Å². The minimum atomic E-state index is -0.661. The summed E-state index contributed by atoms with van der Waals surface area (Å²) in [6, 6.07) is -0.538. The molecule has 0 rings (SSSR count). The van der Waals surface area contributed by atoms with Crippen LogP contribution >= 0.6 is 0 Å². The van der Waals surface area contributed by atoms with Crippen molar-refractivity contribution in [3.8, 4) is 0 Å². The smallest absolute Gasteiger partial charge is 0.305 e. The molecule has 0 spiro atoms. The van der Waals surface area contributed by atoms with Crippen molar-refractivity contribution < 1.29 is 24.5 Å². The van der Waals surface area contributed by atoms with Crippen LogP contribution in [-0.4, -0.2) is 47.4 Å². The fourth-order valence-electron chi connectivity index (χ4n) is 9.64. The Labute approximate surface area is 419 Å². The molecule has 0 saturated heterocycles. The molecule has 0 bridgehead atoms. The van der Waals surface area contributed by atoms with Crippen molar-refractivity contribution in [1.82, 2.24) is 5.32 Å². The third kappa shape index (κ3) is 53.8. The van der Waals surface area contributed by atoms with E-state index in [0.29, 0.717) is 25.9 Å². The number of hydrogen-bond donors (Lipinski definition) is 3. The van der Waals surface area contributed by atoms with Gasteiger partial charge in [-0.15, -0.1) is 0 Å². The van der Waals surface area contributed by atoms with Gasteiger partial charge in [-0.2, -0.15) is 0 Å². The van der Waals surface area contributed by atoms with Gasteiger partial charge in [-0.05, 0) is 51.4 Å². The van der Waals surface area contributed by atoms with Crippen LogP contribution in [0.15, 0.2) is 12.2 Å². The van der Waals surface area contributed by atoms with Crippen molar-refractivity contribution in [2.45, 2.75) is 353 Å². The number of aliphatic hydroxyl groups is 2. The SMILES string of the molecule is CCCCCC/C=C\CCCCCCCC(=O)OCCCCCCCCCCCCCCCCCCCCCCCCCCCC(=O)NC(CO)C(O)CCCCCCCCCCCCCC. The highest BCUT2D eigenvalue weighted by Gasteiger charge is 2.20. The lowest BCUT2D eigenvalue weighted by Crippen LogP contribution is -2.45. The van der Waals surface area contributed by atoms with Gasteiger partial charge in [0.2, 0.25) is 5.91 Å². The van der Waals surface area contributed by atoms with E-state index < -0.39 is 12.1 Å². The minimum absolute atomic E-state index is 0.00755. The van der Waals surface area contributed by atoms with Gasteiger partial charge in [-0.3, -0.25) is 9.59 Å². The molecule has 0 radical (unpaired) electrons. The maximum absolute atomic E-state index is 12.5. The Morgan fingerprint density at radius 3 is 1.07 bits per heavy atom. The first-order chi connectivity index (χ1) is 33.0. The van der Waals surface area contributed by atoms with E-state index >= 15 is 0 Å². The van der Waals surface area contributed by atoms with Crippen LogP contribution in [0, 0.1) is 0 Å². The molecule has 0 aromatic heterocycles. The topological polar surface area (TPSA) is 95.9 Å². The second-order valence-electron chi connectivity index (χ2n) is 21.0. The van der Waals surface area contributed by atoms with E-state index in [1.54, 1.807) is 0 Å². The summed E-state index contributed by atoms with van der Waals surface area (Å²) in [5.41, 5.74) is 0. The normalized spacial score (nSPS) is 12.6. The van der Waals surface area contributed by atoms with E-state index in [4.69, 9.17) is 4.74 Å². The van der Waals surface area contributed by atoms with E-state index in [9.17, 15) is 19.8 Å². The molecule has 2 atom stereocenters. The Bertz CT molecular complexity index is 1000. The molecule has 0 aliphatic heterocycles. The largest absolute Gasteiger partial charge is 0.466 e. The Kier molecular flexibility index (Phi) is 56.0. The summed E-state index contributed by atoms with van der Waals surface area (Å²) < 4.78 is 5.47. The van der Waals surface area contributed by atoms with E-state index in [2.05, 4.69) is 31.3 Å². The van der Waals surface area contributed by atoms with Crippen molar-refractivity contribution in [3.05, 3.63) is 12.2 Å². The molecule has 0 aliphatic carbocycles. The minimum Gasteiger partial charge on any atom is -0.466 e. The van der Waals surface area contributed by atoms with Gasteiger partial charge in [0.05, 0.1) is 25.4 Å². The van der Waals surface area contributed by atoms with E-state index in [1.807, 2.05) is 0 Å². The standard InChI is InChI=1S/C61H119NO5/c1-3-5-7-9-11-13-15-30-35-39-43-47-51-55-61(66)67-56-52-48-44-40-36-32-29-27-25-23-21-19-17-18-20-22-24-26-28-31-34-38-42-46-50-54-60(65)62-58(57-63)59(64)53-49-45-41-37-33-16-14-12-10-8-6-4-2/h13,15,58-59,63-64H,3-12,14,16-57H2,1-2H3,(H,62,65)/b15-13-. The average molecular weight is 947 g/mol. The summed E-state index contributed by atoms with van der Waals surface area (Å²) in [6.07, 6.45) is 67.9. The molecule has 0 aliphatic rings. The van der Waals surface area contributed by atoms with Gasteiger partial charge in [0.15, 0.2) is 0 Å². The van der Waals surface area contributed by atoms with Crippen molar-refractivity contribution in [3.63, 3.8) is 0 Å². The van der Waals surface area contributed by atoms with E-state index in [1.165, 1.54) is 263 Å². The number of esters is 1. The molecule has 3 N–H and O–H groups in total. The Morgan fingerprint density at radius 1 is 0.403 bits per heavy atom. The summed E-state index contributed by atoms with van der Waals surface area (Å²) in [5, 5.41) is 23.2. The van der Waals surface area contributed by atoms with Crippen LogP contribution in [-0.2, 0) is 14.3 Å². The molecular weight excluding hydrogens is 827 g/mol. The molecule has 0 fully saturated rings. The number of carbonyl (C=O) groups excluding carboxylic acids is 2. The fraction of sp³-hybridized carbons (Fsp3) is 0.934. The van der Waals surface area contributed by atoms with E-state index in [0.717, 1.165) is 44.9 Å². The summed E-state index contributed by atoms with van der Waals surface area (Å²) in [6.45, 7) is 4.95. The lowest BCUT2D eigenvalue weighted by atomic mass is 10.0. The second kappa shape index (κ2) is 57.2. The first-order valence-corrected chi connectivity index (χ1v) is 30.4. The van der Waals surface area contributed by atoms with Crippen LogP contribution < -0.4 is 5.32 Å². The average Bonchev–Trinajstić information content (AvgIpc) is 3.33. The predicted molar refractivity (Wildman–Crippen MR) is 292 cm³/mol. The summed E-state index contributed by atoms with van der Waals surface area (Å²) >= 11 is 0. The summed E-state index contributed by atoms with van der Waals surface area (Å²) in [5.74, 6) is -0.0247. The molecule has 0 aromatic rings. The van der Waals surface area contributed by atoms with Crippen LogP contribution in [0.3, 0.4) is 0 Å². The molecule has 1 amide bonds. The van der Waals surface area contributed by atoms with Gasteiger partial charge in [0.25, 0.3) is 0 Å². The maximum atomic E-state index is 12.5. The van der Waals surface area contributed by atoms with Crippen LogP contribution in [0.25, 0.3) is 0 Å². The number of allylic oxidation sites excluding steroid dienone is 2. The number of ether oxygens (including phenoxy) is 1. The molecule has 0 saturated carbocycles. The van der Waals surface area contributed by atoms with Gasteiger partial charge >= 0.3 is 5.97 Å². The highest BCUT2D eigenvalue weighted by molar-refractivity contribution is 5.76. The number of unbranched alkanes of at least 4 members (excludes halogenated alkanes) is 44. The molecule has 0 aromatic carbocycles. The highest BCUT2D eigenvalue weighted by Crippen LogP contribution is 2.18. The zero-order valence-electron chi connectivity index (χ0n) is 45.4. The third-order valence-electron chi connectivity index (χ3n) is 14.3. The number of amides is 1. The predicted octanol–water partition coefficient (Wildman–Crippen LogP) is 18.9. The molecule has 6 nitrogen and oxygen atoms in total. The zero-order valence-corrected chi connectivity index (χ0v) is 45.4. The number of aliphatic hydroxyl groups excluding tert-OH is 2. The van der Waals surface area contributed by atoms with Crippen molar-refractivity contribution >= 4 is 11.9 Å². The molecule has 2 unspecified atom stereocenters. The Hall–Kier alpha value is -1.40. The first-order valence-electron chi connectivity index (χ1n) is 30.4. The van der Waals surface area contributed by atoms with Gasteiger partial charge in [-0.25, -0.2) is 0 Å². The molecule has 6 heteroatoms. The van der Waals surface area contributed by atoms with E-state index in [-0.39, 0.29) is 18.5 Å². The maximum Gasteiger partial charge on any atom is 0.305 e. The lowest BCUT2D eigenvalue weighted by molar-refractivity contribution is -0.143. The van der Waals surface area contributed by atoms with Crippen molar-refractivity contribution in [1.29, 1.82) is 0 Å². The molecule has 0 heterocycles. The lowest BCUT2D eigenvalue weighted by Gasteiger charge is -2.22. The molecule has 398 valence electrons.